The second-order valence-corrected chi connectivity index (χ2v) is 5.66. The van der Waals surface area contributed by atoms with E-state index in [0.29, 0.717) is 11.8 Å². The quantitative estimate of drug-likeness (QED) is 0.660. The van der Waals surface area contributed by atoms with Gasteiger partial charge in [-0.05, 0) is 18.3 Å². The number of nitrogens with one attached hydrogen (secondary N) is 2. The van der Waals surface area contributed by atoms with E-state index in [2.05, 4.69) is 29.2 Å². The number of carbonyl (C=O) groups excluding carboxylic acids is 2. The molecular weight excluding hydrogens is 276 g/mol. The zero-order chi connectivity index (χ0) is 16.0. The first-order valence-electron chi connectivity index (χ1n) is 7.21. The van der Waals surface area contributed by atoms with Gasteiger partial charge in [-0.25, -0.2) is 9.59 Å². The van der Waals surface area contributed by atoms with Crippen molar-refractivity contribution in [3.05, 3.63) is 0 Å². The number of carboxylic acids is 1. The van der Waals surface area contributed by atoms with Gasteiger partial charge in [0.15, 0.2) is 0 Å². The number of aliphatic carboxylic acids is 1. The Balaban J connectivity index is 2.53. The summed E-state index contributed by atoms with van der Waals surface area (Å²) in [6.45, 7) is 4.23. The molecule has 2 amide bonds. The average molecular weight is 300 g/mol. The summed E-state index contributed by atoms with van der Waals surface area (Å²) in [4.78, 5) is 34.1. The summed E-state index contributed by atoms with van der Waals surface area (Å²) in [5, 5.41) is 14.1. The van der Waals surface area contributed by atoms with Crippen LogP contribution in [-0.2, 0) is 14.3 Å². The van der Waals surface area contributed by atoms with Gasteiger partial charge in [0, 0.05) is 6.04 Å². The lowest BCUT2D eigenvalue weighted by molar-refractivity contribution is -0.147. The average Bonchev–Trinajstić information content (AvgIpc) is 2.42. The fourth-order valence-corrected chi connectivity index (χ4v) is 2.60. The molecule has 3 N–H and O–H groups in total. The Labute approximate surface area is 124 Å². The van der Waals surface area contributed by atoms with Gasteiger partial charge in [-0.2, -0.15) is 0 Å². The molecule has 1 aliphatic rings. The molecule has 0 aromatic heterocycles. The number of carbonyl (C=O) groups is 3. The number of hydrogen-bond acceptors (Lipinski definition) is 4. The van der Waals surface area contributed by atoms with Crippen molar-refractivity contribution < 1.29 is 24.2 Å². The predicted molar refractivity (Wildman–Crippen MR) is 75.7 cm³/mol. The van der Waals surface area contributed by atoms with Crippen LogP contribution < -0.4 is 10.6 Å². The monoisotopic (exact) mass is 300 g/mol. The molecule has 1 fully saturated rings. The van der Waals surface area contributed by atoms with Crippen molar-refractivity contribution in [3.8, 4) is 0 Å². The number of amides is 2. The van der Waals surface area contributed by atoms with E-state index in [4.69, 9.17) is 5.11 Å². The molecule has 0 spiro atoms. The van der Waals surface area contributed by atoms with Gasteiger partial charge >= 0.3 is 18.0 Å². The maximum Gasteiger partial charge on any atom is 0.326 e. The van der Waals surface area contributed by atoms with E-state index in [1.54, 1.807) is 0 Å². The SMILES string of the molecule is COC(=O)C[C@H](NC(=O)NC1CCCC(C)C1C)C(=O)O. The molecule has 0 radical (unpaired) electrons. The van der Waals surface area contributed by atoms with Crippen LogP contribution in [0.25, 0.3) is 0 Å². The van der Waals surface area contributed by atoms with Crippen LogP contribution in [0, 0.1) is 11.8 Å². The third-order valence-electron chi connectivity index (χ3n) is 4.23. The topological polar surface area (TPSA) is 105 Å². The molecular formula is C14H24N2O5. The Morgan fingerprint density at radius 2 is 1.95 bits per heavy atom. The molecule has 1 rings (SSSR count). The molecule has 0 bridgehead atoms. The van der Waals surface area contributed by atoms with Crippen molar-refractivity contribution in [1.82, 2.24) is 10.6 Å². The minimum absolute atomic E-state index is 0.0290. The van der Waals surface area contributed by atoms with Crippen LogP contribution in [0.2, 0.25) is 0 Å². The molecule has 3 unspecified atom stereocenters. The Hall–Kier alpha value is -1.79. The first kappa shape index (κ1) is 17.3. The number of esters is 1. The van der Waals surface area contributed by atoms with Gasteiger partial charge in [-0.3, -0.25) is 4.79 Å². The molecule has 4 atom stereocenters. The minimum Gasteiger partial charge on any atom is -0.480 e. The lowest BCUT2D eigenvalue weighted by Gasteiger charge is -2.34. The molecule has 7 nitrogen and oxygen atoms in total. The molecule has 120 valence electrons. The Morgan fingerprint density at radius 3 is 2.52 bits per heavy atom. The molecule has 0 heterocycles. The maximum absolute atomic E-state index is 11.9. The van der Waals surface area contributed by atoms with E-state index < -0.39 is 30.4 Å². The van der Waals surface area contributed by atoms with Gasteiger partial charge in [0.25, 0.3) is 0 Å². The summed E-state index contributed by atoms with van der Waals surface area (Å²) in [5.41, 5.74) is 0. The summed E-state index contributed by atoms with van der Waals surface area (Å²) in [7, 11) is 1.17. The zero-order valence-corrected chi connectivity index (χ0v) is 12.7. The van der Waals surface area contributed by atoms with E-state index in [1.165, 1.54) is 7.11 Å². The molecule has 0 aromatic rings. The van der Waals surface area contributed by atoms with Crippen molar-refractivity contribution in [3.63, 3.8) is 0 Å². The van der Waals surface area contributed by atoms with Gasteiger partial charge < -0.3 is 20.5 Å². The highest BCUT2D eigenvalue weighted by Gasteiger charge is 2.30. The highest BCUT2D eigenvalue weighted by Crippen LogP contribution is 2.29. The second kappa shape index (κ2) is 7.85. The molecule has 21 heavy (non-hydrogen) atoms. The summed E-state index contributed by atoms with van der Waals surface area (Å²) >= 11 is 0. The highest BCUT2D eigenvalue weighted by atomic mass is 16.5. The van der Waals surface area contributed by atoms with Gasteiger partial charge in [-0.1, -0.05) is 26.7 Å². The summed E-state index contributed by atoms with van der Waals surface area (Å²) < 4.78 is 4.42. The van der Waals surface area contributed by atoms with Crippen LogP contribution in [0.3, 0.4) is 0 Å². The first-order valence-corrected chi connectivity index (χ1v) is 7.21. The summed E-state index contributed by atoms with van der Waals surface area (Å²) in [6, 6.07) is -1.81. The molecule has 1 aliphatic carbocycles. The van der Waals surface area contributed by atoms with Crippen molar-refractivity contribution >= 4 is 18.0 Å². The molecule has 7 heteroatoms. The van der Waals surface area contributed by atoms with Crippen molar-refractivity contribution in [1.29, 1.82) is 0 Å². The summed E-state index contributed by atoms with van der Waals surface area (Å²) in [6.07, 6.45) is 2.67. The van der Waals surface area contributed by atoms with Crippen LogP contribution in [0.4, 0.5) is 4.79 Å². The van der Waals surface area contributed by atoms with Gasteiger partial charge in [0.1, 0.15) is 6.04 Å². The maximum atomic E-state index is 11.9. The molecule has 0 saturated heterocycles. The smallest absolute Gasteiger partial charge is 0.326 e. The fraction of sp³-hybridized carbons (Fsp3) is 0.786. The van der Waals surface area contributed by atoms with E-state index >= 15 is 0 Å². The number of methoxy groups -OCH3 is 1. The summed E-state index contributed by atoms with van der Waals surface area (Å²) in [5.74, 6) is -1.08. The lowest BCUT2D eigenvalue weighted by atomic mass is 9.78. The fourth-order valence-electron chi connectivity index (χ4n) is 2.60. The normalized spacial score (nSPS) is 26.5. The van der Waals surface area contributed by atoms with E-state index in [0.717, 1.165) is 19.3 Å². The van der Waals surface area contributed by atoms with Crippen molar-refractivity contribution in [2.45, 2.75) is 51.6 Å². The number of carboxylic acid groups (broad SMARTS) is 1. The molecule has 1 saturated carbocycles. The van der Waals surface area contributed by atoms with Crippen molar-refractivity contribution in [2.75, 3.05) is 7.11 Å². The minimum atomic E-state index is -1.28. The van der Waals surface area contributed by atoms with Crippen LogP contribution in [0.5, 0.6) is 0 Å². The second-order valence-electron chi connectivity index (χ2n) is 5.66. The molecule has 0 aliphatic heterocycles. The highest BCUT2D eigenvalue weighted by molar-refractivity contribution is 5.86. The Morgan fingerprint density at radius 1 is 1.29 bits per heavy atom. The van der Waals surface area contributed by atoms with Gasteiger partial charge in [-0.15, -0.1) is 0 Å². The van der Waals surface area contributed by atoms with Crippen LogP contribution >= 0.6 is 0 Å². The van der Waals surface area contributed by atoms with Crippen LogP contribution in [0.1, 0.15) is 39.5 Å². The number of hydrogen-bond donors (Lipinski definition) is 3. The van der Waals surface area contributed by atoms with Gasteiger partial charge in [0.2, 0.25) is 0 Å². The number of urea groups is 1. The van der Waals surface area contributed by atoms with Crippen molar-refractivity contribution in [2.24, 2.45) is 11.8 Å². The first-order chi connectivity index (χ1) is 9.85. The Kier molecular flexibility index (Phi) is 6.45. The predicted octanol–water partition coefficient (Wildman–Crippen LogP) is 1.13. The Bertz CT molecular complexity index is 399. The van der Waals surface area contributed by atoms with Gasteiger partial charge in [0.05, 0.1) is 13.5 Å². The molecule has 0 aromatic carbocycles. The van der Waals surface area contributed by atoms with Crippen LogP contribution in [-0.4, -0.2) is 42.3 Å². The number of rotatable bonds is 5. The van der Waals surface area contributed by atoms with E-state index in [1.807, 2.05) is 0 Å². The number of ether oxygens (including phenoxy) is 1. The third kappa shape index (κ3) is 5.24. The standard InChI is InChI=1S/C14H24N2O5/c1-8-5-4-6-10(9(8)2)15-14(20)16-11(13(18)19)7-12(17)21-3/h8-11H,4-7H2,1-3H3,(H,18,19)(H2,15,16,20)/t8?,9?,10?,11-/m0/s1. The largest absolute Gasteiger partial charge is 0.480 e. The van der Waals surface area contributed by atoms with E-state index in [-0.39, 0.29) is 6.04 Å². The zero-order valence-electron chi connectivity index (χ0n) is 12.7. The van der Waals surface area contributed by atoms with E-state index in [9.17, 15) is 14.4 Å². The third-order valence-corrected chi connectivity index (χ3v) is 4.23. The lowest BCUT2D eigenvalue weighted by Crippen LogP contribution is -2.52. The van der Waals surface area contributed by atoms with Crippen LogP contribution in [0.15, 0.2) is 0 Å².